The van der Waals surface area contributed by atoms with Crippen LogP contribution in [0.25, 0.3) is 0 Å². The van der Waals surface area contributed by atoms with Crippen molar-refractivity contribution in [3.8, 4) is 0 Å². The summed E-state index contributed by atoms with van der Waals surface area (Å²) in [5.41, 5.74) is 1.39. The van der Waals surface area contributed by atoms with E-state index in [2.05, 4.69) is 0 Å². The van der Waals surface area contributed by atoms with Crippen LogP contribution in [-0.2, 0) is 19.1 Å². The minimum Gasteiger partial charge on any atom is -0.333 e. The molecule has 1 heterocycles. The van der Waals surface area contributed by atoms with Crippen molar-refractivity contribution in [2.45, 2.75) is 26.1 Å². The lowest BCUT2D eigenvalue weighted by molar-refractivity contribution is -0.137. The Kier molecular flexibility index (Phi) is 6.19. The number of amides is 1. The summed E-state index contributed by atoms with van der Waals surface area (Å²) in [5.74, 6) is -0.394. The first kappa shape index (κ1) is 20.1. The number of rotatable bonds is 6. The summed E-state index contributed by atoms with van der Waals surface area (Å²) < 4.78 is 39.1. The molecule has 2 nitrogen and oxygen atoms in total. The van der Waals surface area contributed by atoms with E-state index in [1.807, 2.05) is 48.7 Å². The number of carbonyl (C=O) groups is 1. The van der Waals surface area contributed by atoms with Crippen LogP contribution >= 0.6 is 11.3 Å². The molecule has 0 bridgehead atoms. The molecule has 0 unspecified atom stereocenters. The molecule has 6 heteroatoms. The van der Waals surface area contributed by atoms with Gasteiger partial charge in [0, 0.05) is 17.0 Å². The maximum absolute atomic E-state index is 13.0. The van der Waals surface area contributed by atoms with E-state index in [-0.39, 0.29) is 5.56 Å². The molecule has 28 heavy (non-hydrogen) atoms. The number of hydrogen-bond acceptors (Lipinski definition) is 2. The average Bonchev–Trinajstić information content (AvgIpc) is 3.09. The number of hydrogen-bond donors (Lipinski definition) is 0. The summed E-state index contributed by atoms with van der Waals surface area (Å²) in [7, 11) is 0. The largest absolute Gasteiger partial charge is 0.416 e. The molecule has 0 spiro atoms. The van der Waals surface area contributed by atoms with E-state index in [1.54, 1.807) is 16.2 Å². The third-order valence-electron chi connectivity index (χ3n) is 4.54. The summed E-state index contributed by atoms with van der Waals surface area (Å²) in [6.07, 6.45) is -3.84. The molecule has 0 radical (unpaired) electrons. The molecule has 2 aromatic carbocycles. The van der Waals surface area contributed by atoms with Crippen molar-refractivity contribution in [3.63, 3.8) is 0 Å². The van der Waals surface area contributed by atoms with Crippen LogP contribution in [0.2, 0.25) is 0 Å². The Morgan fingerprint density at radius 2 is 1.79 bits per heavy atom. The van der Waals surface area contributed by atoms with Crippen molar-refractivity contribution in [2.75, 3.05) is 6.54 Å². The van der Waals surface area contributed by atoms with Crippen LogP contribution in [-0.4, -0.2) is 17.4 Å². The van der Waals surface area contributed by atoms with E-state index >= 15 is 0 Å². The van der Waals surface area contributed by atoms with E-state index in [4.69, 9.17) is 0 Å². The Balaban J connectivity index is 1.84. The molecule has 0 saturated heterocycles. The van der Waals surface area contributed by atoms with Gasteiger partial charge in [0.2, 0.25) is 0 Å². The first-order chi connectivity index (χ1) is 13.3. The number of halogens is 3. The van der Waals surface area contributed by atoms with Gasteiger partial charge in [-0.2, -0.15) is 13.2 Å². The van der Waals surface area contributed by atoms with Gasteiger partial charge in [0.15, 0.2) is 0 Å². The lowest BCUT2D eigenvalue weighted by Crippen LogP contribution is -2.32. The number of alkyl halides is 3. The van der Waals surface area contributed by atoms with Crippen LogP contribution in [0.1, 0.15) is 31.9 Å². The second kappa shape index (κ2) is 8.61. The molecule has 0 aliphatic heterocycles. The van der Waals surface area contributed by atoms with Gasteiger partial charge in [-0.3, -0.25) is 4.79 Å². The fraction of sp³-hybridized carbons (Fsp3) is 0.227. The van der Waals surface area contributed by atoms with Crippen LogP contribution in [0.5, 0.6) is 0 Å². The van der Waals surface area contributed by atoms with E-state index in [0.717, 1.165) is 28.1 Å². The van der Waals surface area contributed by atoms with Gasteiger partial charge in [-0.15, -0.1) is 11.3 Å². The summed E-state index contributed by atoms with van der Waals surface area (Å²) in [6.45, 7) is 2.78. The van der Waals surface area contributed by atoms with Gasteiger partial charge in [0.25, 0.3) is 5.91 Å². The molecular formula is C22H20F3NOS. The molecule has 3 rings (SSSR count). The number of nitrogens with zero attached hydrogens (tertiary/aromatic N) is 1. The van der Waals surface area contributed by atoms with Crippen molar-refractivity contribution < 1.29 is 18.0 Å². The highest BCUT2D eigenvalue weighted by molar-refractivity contribution is 7.10. The molecule has 0 aliphatic rings. The fourth-order valence-corrected chi connectivity index (χ4v) is 3.83. The van der Waals surface area contributed by atoms with E-state index in [0.29, 0.717) is 19.5 Å². The first-order valence-corrected chi connectivity index (χ1v) is 9.76. The van der Waals surface area contributed by atoms with Crippen LogP contribution in [0.4, 0.5) is 13.2 Å². The summed E-state index contributed by atoms with van der Waals surface area (Å²) in [6, 6.07) is 16.3. The SMILES string of the molecule is Cc1ccsc1CN(CCc1ccccc1)C(=O)c1cccc(C(F)(F)F)c1. The molecule has 1 aromatic heterocycles. The van der Waals surface area contributed by atoms with Gasteiger partial charge in [-0.25, -0.2) is 0 Å². The first-order valence-electron chi connectivity index (χ1n) is 8.88. The van der Waals surface area contributed by atoms with E-state index < -0.39 is 17.6 Å². The smallest absolute Gasteiger partial charge is 0.333 e. The maximum atomic E-state index is 13.0. The highest BCUT2D eigenvalue weighted by Gasteiger charge is 2.31. The highest BCUT2D eigenvalue weighted by Crippen LogP contribution is 2.30. The zero-order valence-corrected chi connectivity index (χ0v) is 16.2. The zero-order valence-electron chi connectivity index (χ0n) is 15.4. The van der Waals surface area contributed by atoms with Crippen molar-refractivity contribution in [3.05, 3.63) is 93.2 Å². The molecule has 1 amide bonds. The second-order valence-electron chi connectivity index (χ2n) is 6.57. The predicted octanol–water partition coefficient (Wildman–Crippen LogP) is 5.96. The Hall–Kier alpha value is -2.60. The third-order valence-corrected chi connectivity index (χ3v) is 5.55. The van der Waals surface area contributed by atoms with Crippen molar-refractivity contribution in [2.24, 2.45) is 0 Å². The van der Waals surface area contributed by atoms with Gasteiger partial charge < -0.3 is 4.90 Å². The Morgan fingerprint density at radius 1 is 1.04 bits per heavy atom. The van der Waals surface area contributed by atoms with Gasteiger partial charge in [0.05, 0.1) is 12.1 Å². The van der Waals surface area contributed by atoms with Crippen molar-refractivity contribution >= 4 is 17.2 Å². The number of carbonyl (C=O) groups excluding carboxylic acids is 1. The van der Waals surface area contributed by atoms with Gasteiger partial charge >= 0.3 is 6.18 Å². The topological polar surface area (TPSA) is 20.3 Å². The lowest BCUT2D eigenvalue weighted by atomic mass is 10.1. The van der Waals surface area contributed by atoms with Crippen molar-refractivity contribution in [1.82, 2.24) is 4.90 Å². The quantitative estimate of drug-likeness (QED) is 0.497. The zero-order chi connectivity index (χ0) is 20.1. The van der Waals surface area contributed by atoms with Crippen LogP contribution in [0.3, 0.4) is 0 Å². The molecule has 0 fully saturated rings. The average molecular weight is 403 g/mol. The van der Waals surface area contributed by atoms with Crippen LogP contribution in [0.15, 0.2) is 66.0 Å². The molecule has 0 N–H and O–H groups in total. The van der Waals surface area contributed by atoms with Crippen molar-refractivity contribution in [1.29, 1.82) is 0 Å². The number of benzene rings is 2. The minimum absolute atomic E-state index is 0.0529. The normalized spacial score (nSPS) is 11.4. The van der Waals surface area contributed by atoms with Gasteiger partial charge in [0.1, 0.15) is 0 Å². The van der Waals surface area contributed by atoms with Gasteiger partial charge in [-0.1, -0.05) is 36.4 Å². The fourth-order valence-electron chi connectivity index (χ4n) is 2.91. The van der Waals surface area contributed by atoms with Crippen LogP contribution in [0, 0.1) is 6.92 Å². The molecular weight excluding hydrogens is 383 g/mol. The Bertz CT molecular complexity index is 934. The number of thiophene rings is 1. The van der Waals surface area contributed by atoms with Gasteiger partial charge in [-0.05, 0) is 54.1 Å². The molecule has 0 aliphatic carbocycles. The summed E-state index contributed by atoms with van der Waals surface area (Å²) >= 11 is 1.55. The minimum atomic E-state index is -4.48. The molecule has 146 valence electrons. The standard InChI is InChI=1S/C22H20F3NOS/c1-16-11-13-28-20(16)15-26(12-10-17-6-3-2-4-7-17)21(27)18-8-5-9-19(14-18)22(23,24)25/h2-9,11,13-14H,10,12,15H2,1H3. The Morgan fingerprint density at radius 3 is 2.43 bits per heavy atom. The third kappa shape index (κ3) is 5.01. The summed E-state index contributed by atoms with van der Waals surface area (Å²) in [4.78, 5) is 15.7. The highest BCUT2D eigenvalue weighted by atomic mass is 32.1. The second-order valence-corrected chi connectivity index (χ2v) is 7.57. The van der Waals surface area contributed by atoms with E-state index in [9.17, 15) is 18.0 Å². The predicted molar refractivity (Wildman–Crippen MR) is 105 cm³/mol. The molecule has 0 saturated carbocycles. The lowest BCUT2D eigenvalue weighted by Gasteiger charge is -2.23. The summed E-state index contributed by atoms with van der Waals surface area (Å²) in [5, 5.41) is 1.95. The Labute approximate surface area is 166 Å². The van der Waals surface area contributed by atoms with Crippen LogP contribution < -0.4 is 0 Å². The van der Waals surface area contributed by atoms with E-state index in [1.165, 1.54) is 12.1 Å². The molecule has 0 atom stereocenters. The number of aryl methyl sites for hydroxylation is 1. The maximum Gasteiger partial charge on any atom is 0.416 e. The monoisotopic (exact) mass is 403 g/mol. The molecule has 3 aromatic rings.